The highest BCUT2D eigenvalue weighted by atomic mass is 32.2. The minimum atomic E-state index is -3.69. The van der Waals surface area contributed by atoms with E-state index < -0.39 is 10.0 Å². The second kappa shape index (κ2) is 5.60. The molecule has 3 N–H and O–H groups in total. The van der Waals surface area contributed by atoms with Crippen LogP contribution in [0.4, 0.5) is 5.69 Å². The third-order valence-corrected chi connectivity index (χ3v) is 4.41. The molecule has 5 nitrogen and oxygen atoms in total. The van der Waals surface area contributed by atoms with E-state index >= 15 is 0 Å². The number of anilines is 1. The van der Waals surface area contributed by atoms with Crippen LogP contribution in [0.25, 0.3) is 0 Å². The molecule has 0 saturated carbocycles. The second-order valence-electron chi connectivity index (χ2n) is 4.58. The molecule has 0 atom stereocenters. The van der Waals surface area contributed by atoms with E-state index in [2.05, 4.69) is 9.71 Å². The number of nitrogens with one attached hydrogen (secondary N) is 1. The van der Waals surface area contributed by atoms with Crippen molar-refractivity contribution in [3.63, 3.8) is 0 Å². The van der Waals surface area contributed by atoms with Crippen LogP contribution in [0.1, 0.15) is 16.8 Å². The van der Waals surface area contributed by atoms with Gasteiger partial charge in [0.25, 0.3) is 10.0 Å². The highest BCUT2D eigenvalue weighted by Gasteiger charge is 2.19. The molecule has 20 heavy (non-hydrogen) atoms. The molecule has 0 unspecified atom stereocenters. The van der Waals surface area contributed by atoms with Crippen molar-refractivity contribution in [3.05, 3.63) is 53.3 Å². The number of sulfonamides is 1. The molecule has 6 heteroatoms. The maximum absolute atomic E-state index is 12.4. The Bertz CT molecular complexity index is 727. The van der Waals surface area contributed by atoms with Gasteiger partial charge in [-0.15, -0.1) is 0 Å². The summed E-state index contributed by atoms with van der Waals surface area (Å²) in [6.45, 7) is 3.83. The average molecular weight is 291 g/mol. The summed E-state index contributed by atoms with van der Waals surface area (Å²) in [4.78, 5) is 4.12. The zero-order valence-electron chi connectivity index (χ0n) is 11.4. The third-order valence-electron chi connectivity index (χ3n) is 2.97. The molecule has 0 spiro atoms. The average Bonchev–Trinajstić information content (AvgIpc) is 2.42. The van der Waals surface area contributed by atoms with Crippen LogP contribution >= 0.6 is 0 Å². The number of nitrogens with two attached hydrogens (primary N) is 1. The van der Waals surface area contributed by atoms with Crippen LogP contribution in [0.15, 0.2) is 41.4 Å². The number of nitrogens with zero attached hydrogens (tertiary/aromatic N) is 1. The quantitative estimate of drug-likeness (QED) is 0.901. The minimum absolute atomic E-state index is 0.0733. The molecule has 106 valence electrons. The van der Waals surface area contributed by atoms with Gasteiger partial charge < -0.3 is 5.73 Å². The zero-order valence-corrected chi connectivity index (χ0v) is 12.2. The Labute approximate surface area is 118 Å². The van der Waals surface area contributed by atoms with Gasteiger partial charge in [0.1, 0.15) is 4.90 Å². The van der Waals surface area contributed by atoms with Crippen molar-refractivity contribution in [2.75, 3.05) is 4.72 Å². The van der Waals surface area contributed by atoms with Crippen molar-refractivity contribution in [1.82, 2.24) is 4.98 Å². The number of hydrogen-bond acceptors (Lipinski definition) is 4. The number of aryl methyl sites for hydroxylation is 2. The van der Waals surface area contributed by atoms with Gasteiger partial charge in [-0.3, -0.25) is 9.71 Å². The molecule has 0 bridgehead atoms. The molecular formula is C14H17N3O2S. The van der Waals surface area contributed by atoms with Gasteiger partial charge in [-0.1, -0.05) is 12.1 Å². The monoisotopic (exact) mass is 291 g/mol. The Balaban J connectivity index is 2.43. The standard InChI is InChI=1S/C14H17N3O2S/c1-10-5-6-11(2)12(8-10)17-20(18,19)14-4-3-7-16-13(14)9-15/h3-8,17H,9,15H2,1-2H3. The molecule has 0 saturated heterocycles. The lowest BCUT2D eigenvalue weighted by molar-refractivity contribution is 0.599. The molecule has 0 fully saturated rings. The summed E-state index contributed by atoms with van der Waals surface area (Å²) in [6, 6.07) is 8.69. The van der Waals surface area contributed by atoms with E-state index in [1.54, 1.807) is 12.1 Å². The van der Waals surface area contributed by atoms with Crippen LogP contribution in [0, 0.1) is 13.8 Å². The van der Waals surface area contributed by atoms with E-state index in [1.165, 1.54) is 12.3 Å². The smallest absolute Gasteiger partial charge is 0.263 e. The fourth-order valence-electron chi connectivity index (χ4n) is 1.87. The highest BCUT2D eigenvalue weighted by Crippen LogP contribution is 2.22. The Hall–Kier alpha value is -1.92. The summed E-state index contributed by atoms with van der Waals surface area (Å²) in [5, 5.41) is 0. The SMILES string of the molecule is Cc1ccc(C)c(NS(=O)(=O)c2cccnc2CN)c1. The predicted octanol–water partition coefficient (Wildman–Crippen LogP) is 1.96. The van der Waals surface area contributed by atoms with Crippen LogP contribution < -0.4 is 10.5 Å². The van der Waals surface area contributed by atoms with E-state index in [1.807, 2.05) is 26.0 Å². The molecule has 1 aromatic heterocycles. The molecule has 2 rings (SSSR count). The zero-order chi connectivity index (χ0) is 14.8. The number of pyridine rings is 1. The predicted molar refractivity (Wildman–Crippen MR) is 78.9 cm³/mol. The maximum atomic E-state index is 12.4. The Morgan fingerprint density at radius 1 is 1.25 bits per heavy atom. The van der Waals surface area contributed by atoms with Gasteiger partial charge in [-0.25, -0.2) is 8.42 Å². The first kappa shape index (κ1) is 14.5. The van der Waals surface area contributed by atoms with Crippen molar-refractivity contribution in [3.8, 4) is 0 Å². The van der Waals surface area contributed by atoms with Crippen molar-refractivity contribution < 1.29 is 8.42 Å². The fraction of sp³-hybridized carbons (Fsp3) is 0.214. The summed E-state index contributed by atoms with van der Waals surface area (Å²) < 4.78 is 27.5. The summed E-state index contributed by atoms with van der Waals surface area (Å²) >= 11 is 0. The molecule has 1 aromatic carbocycles. The Morgan fingerprint density at radius 3 is 2.70 bits per heavy atom. The summed E-state index contributed by atoms with van der Waals surface area (Å²) in [5.41, 5.74) is 8.30. The van der Waals surface area contributed by atoms with E-state index in [4.69, 9.17) is 5.73 Å². The van der Waals surface area contributed by atoms with E-state index in [-0.39, 0.29) is 11.4 Å². The lowest BCUT2D eigenvalue weighted by Crippen LogP contribution is -2.17. The van der Waals surface area contributed by atoms with Gasteiger partial charge in [-0.2, -0.15) is 0 Å². The number of benzene rings is 1. The summed E-state index contributed by atoms with van der Waals surface area (Å²) in [7, 11) is -3.69. The third kappa shape index (κ3) is 2.97. The normalized spacial score (nSPS) is 11.3. The number of aromatic nitrogens is 1. The molecule has 1 heterocycles. The Morgan fingerprint density at radius 2 is 2.00 bits per heavy atom. The lowest BCUT2D eigenvalue weighted by atomic mass is 10.1. The summed E-state index contributed by atoms with van der Waals surface area (Å²) in [5.74, 6) is 0. The molecule has 0 radical (unpaired) electrons. The first-order valence-electron chi connectivity index (χ1n) is 6.18. The van der Waals surface area contributed by atoms with Gasteiger partial charge in [0.15, 0.2) is 0 Å². The summed E-state index contributed by atoms with van der Waals surface area (Å²) in [6.07, 6.45) is 1.53. The molecular weight excluding hydrogens is 274 g/mol. The van der Waals surface area contributed by atoms with E-state index in [9.17, 15) is 8.42 Å². The van der Waals surface area contributed by atoms with Crippen molar-refractivity contribution in [1.29, 1.82) is 0 Å². The van der Waals surface area contributed by atoms with Gasteiger partial charge in [-0.05, 0) is 43.2 Å². The highest BCUT2D eigenvalue weighted by molar-refractivity contribution is 7.92. The lowest BCUT2D eigenvalue weighted by Gasteiger charge is -2.13. The van der Waals surface area contributed by atoms with E-state index in [0.717, 1.165) is 11.1 Å². The maximum Gasteiger partial charge on any atom is 0.263 e. The first-order chi connectivity index (χ1) is 9.44. The van der Waals surface area contributed by atoms with Crippen LogP contribution in [0.2, 0.25) is 0 Å². The van der Waals surface area contributed by atoms with Crippen molar-refractivity contribution in [2.24, 2.45) is 5.73 Å². The molecule has 2 aromatic rings. The second-order valence-corrected chi connectivity index (χ2v) is 6.23. The van der Waals surface area contributed by atoms with Crippen LogP contribution in [-0.2, 0) is 16.6 Å². The van der Waals surface area contributed by atoms with Crippen LogP contribution in [-0.4, -0.2) is 13.4 Å². The van der Waals surface area contributed by atoms with Crippen molar-refractivity contribution in [2.45, 2.75) is 25.3 Å². The van der Waals surface area contributed by atoms with Crippen LogP contribution in [0.5, 0.6) is 0 Å². The van der Waals surface area contributed by atoms with Crippen LogP contribution in [0.3, 0.4) is 0 Å². The van der Waals surface area contributed by atoms with Crippen molar-refractivity contribution >= 4 is 15.7 Å². The largest absolute Gasteiger partial charge is 0.325 e. The molecule has 0 aliphatic carbocycles. The number of hydrogen-bond donors (Lipinski definition) is 2. The Kier molecular flexibility index (Phi) is 4.06. The van der Waals surface area contributed by atoms with Gasteiger partial charge >= 0.3 is 0 Å². The minimum Gasteiger partial charge on any atom is -0.325 e. The fourth-order valence-corrected chi connectivity index (χ4v) is 3.19. The van der Waals surface area contributed by atoms with E-state index in [0.29, 0.717) is 11.4 Å². The molecule has 0 amide bonds. The molecule has 0 aliphatic heterocycles. The molecule has 0 aliphatic rings. The van der Waals surface area contributed by atoms with Gasteiger partial charge in [0.2, 0.25) is 0 Å². The van der Waals surface area contributed by atoms with Gasteiger partial charge in [0.05, 0.1) is 11.4 Å². The van der Waals surface area contributed by atoms with Gasteiger partial charge in [0, 0.05) is 12.7 Å². The topological polar surface area (TPSA) is 85.1 Å². The first-order valence-corrected chi connectivity index (χ1v) is 7.66. The number of rotatable bonds is 4.